The molecule has 0 spiro atoms. The molecule has 2 aliphatic rings. The minimum absolute atomic E-state index is 0.0116. The summed E-state index contributed by atoms with van der Waals surface area (Å²) in [5.41, 5.74) is 3.08. The quantitative estimate of drug-likeness (QED) is 0.749. The lowest BCUT2D eigenvalue weighted by molar-refractivity contribution is -0.136. The Kier molecular flexibility index (Phi) is 5.98. The largest absolute Gasteiger partial charge is 0.493 e. The van der Waals surface area contributed by atoms with Gasteiger partial charge in [0.2, 0.25) is 0 Å². The summed E-state index contributed by atoms with van der Waals surface area (Å²) in [5.74, 6) is -0.0967. The van der Waals surface area contributed by atoms with Crippen molar-refractivity contribution in [2.75, 3.05) is 20.8 Å². The number of dihydropyridines is 1. The van der Waals surface area contributed by atoms with Crippen LogP contribution in [0.15, 0.2) is 34.7 Å². The molecule has 1 aliphatic heterocycles. The number of esters is 1. The molecule has 1 heterocycles. The normalized spacial score (nSPS) is 19.2. The van der Waals surface area contributed by atoms with Crippen LogP contribution in [0.4, 0.5) is 0 Å². The van der Waals surface area contributed by atoms with Crippen molar-refractivity contribution in [2.45, 2.75) is 39.0 Å². The van der Waals surface area contributed by atoms with Crippen molar-refractivity contribution in [3.63, 3.8) is 0 Å². The summed E-state index contributed by atoms with van der Waals surface area (Å²) >= 11 is 6.59. The Morgan fingerprint density at radius 3 is 2.64 bits per heavy atom. The first-order valence-electron chi connectivity index (χ1n) is 9.25. The first-order chi connectivity index (χ1) is 13.4. The summed E-state index contributed by atoms with van der Waals surface area (Å²) in [7, 11) is 2.86. The van der Waals surface area contributed by atoms with Crippen LogP contribution in [-0.4, -0.2) is 32.6 Å². The van der Waals surface area contributed by atoms with Gasteiger partial charge in [-0.2, -0.15) is 0 Å². The molecule has 0 saturated carbocycles. The number of carbonyl (C=O) groups excluding carboxylic acids is 2. The van der Waals surface area contributed by atoms with Gasteiger partial charge in [0, 0.05) is 40.4 Å². The fourth-order valence-corrected chi connectivity index (χ4v) is 4.14. The molecule has 1 aromatic rings. The number of allylic oxidation sites excluding steroid dienone is 3. The first-order valence-corrected chi connectivity index (χ1v) is 9.63. The van der Waals surface area contributed by atoms with Crippen molar-refractivity contribution in [2.24, 2.45) is 0 Å². The Morgan fingerprint density at radius 2 is 2.00 bits per heavy atom. The molecule has 0 bridgehead atoms. The van der Waals surface area contributed by atoms with Gasteiger partial charge in [0.1, 0.15) is 0 Å². The number of halogens is 1. The van der Waals surface area contributed by atoms with E-state index >= 15 is 0 Å². The van der Waals surface area contributed by atoms with Crippen molar-refractivity contribution < 1.29 is 23.8 Å². The first kappa shape index (κ1) is 20.3. The summed E-state index contributed by atoms with van der Waals surface area (Å²) in [4.78, 5) is 25.5. The van der Waals surface area contributed by atoms with Gasteiger partial charge in [-0.15, -0.1) is 0 Å². The highest BCUT2D eigenvalue weighted by atomic mass is 35.5. The van der Waals surface area contributed by atoms with E-state index in [9.17, 15) is 9.59 Å². The zero-order chi connectivity index (χ0) is 20.4. The lowest BCUT2D eigenvalue weighted by Crippen LogP contribution is -2.34. The van der Waals surface area contributed by atoms with Crippen LogP contribution in [0.2, 0.25) is 5.02 Å². The predicted molar refractivity (Wildman–Crippen MR) is 106 cm³/mol. The number of hydrogen-bond acceptors (Lipinski definition) is 6. The molecule has 3 rings (SSSR count). The van der Waals surface area contributed by atoms with Gasteiger partial charge in [-0.05, 0) is 38.3 Å². The minimum Gasteiger partial charge on any atom is -0.493 e. The van der Waals surface area contributed by atoms with E-state index < -0.39 is 11.9 Å². The summed E-state index contributed by atoms with van der Waals surface area (Å²) in [6.45, 7) is 4.12. The van der Waals surface area contributed by atoms with Gasteiger partial charge < -0.3 is 19.5 Å². The molecule has 0 aromatic heterocycles. The molecule has 150 valence electrons. The SMILES string of the molecule is CCOc1cc(C2C(C(=O)OC)=C(C)NC3=C2C(=O)CCC3)c(Cl)cc1OC. The van der Waals surface area contributed by atoms with Crippen LogP contribution in [-0.2, 0) is 14.3 Å². The Morgan fingerprint density at radius 1 is 1.25 bits per heavy atom. The minimum atomic E-state index is -0.617. The fourth-order valence-electron chi connectivity index (χ4n) is 3.87. The van der Waals surface area contributed by atoms with E-state index in [-0.39, 0.29) is 5.78 Å². The number of methoxy groups -OCH3 is 2. The van der Waals surface area contributed by atoms with E-state index in [1.54, 1.807) is 12.1 Å². The Labute approximate surface area is 169 Å². The summed E-state index contributed by atoms with van der Waals surface area (Å²) < 4.78 is 16.1. The lowest BCUT2D eigenvalue weighted by atomic mass is 9.75. The van der Waals surface area contributed by atoms with Gasteiger partial charge in [-0.1, -0.05) is 11.6 Å². The van der Waals surface area contributed by atoms with Crippen LogP contribution in [0, 0.1) is 0 Å². The van der Waals surface area contributed by atoms with Crippen molar-refractivity contribution in [1.29, 1.82) is 0 Å². The van der Waals surface area contributed by atoms with Crippen LogP contribution >= 0.6 is 11.6 Å². The molecule has 0 fully saturated rings. The molecule has 0 radical (unpaired) electrons. The predicted octanol–water partition coefficient (Wildman–Crippen LogP) is 3.89. The number of ether oxygens (including phenoxy) is 3. The number of hydrogen-bond donors (Lipinski definition) is 1. The molecule has 6 nitrogen and oxygen atoms in total. The average molecular weight is 406 g/mol. The number of nitrogens with one attached hydrogen (secondary N) is 1. The van der Waals surface area contributed by atoms with Gasteiger partial charge >= 0.3 is 5.97 Å². The molecule has 1 N–H and O–H groups in total. The molecular weight excluding hydrogens is 382 g/mol. The summed E-state index contributed by atoms with van der Waals surface area (Å²) in [6, 6.07) is 3.41. The second-order valence-corrected chi connectivity index (χ2v) is 7.12. The van der Waals surface area contributed by atoms with E-state index in [0.29, 0.717) is 52.0 Å². The van der Waals surface area contributed by atoms with E-state index in [1.807, 2.05) is 13.8 Å². The average Bonchev–Trinajstić information content (AvgIpc) is 2.67. The molecule has 28 heavy (non-hydrogen) atoms. The van der Waals surface area contributed by atoms with Crippen LogP contribution in [0.1, 0.15) is 44.6 Å². The van der Waals surface area contributed by atoms with Crippen molar-refractivity contribution in [1.82, 2.24) is 5.32 Å². The summed E-state index contributed by atoms with van der Waals surface area (Å²) in [6.07, 6.45) is 1.96. The van der Waals surface area contributed by atoms with Crippen LogP contribution in [0.5, 0.6) is 11.5 Å². The number of ketones is 1. The molecule has 1 aliphatic carbocycles. The highest BCUT2D eigenvalue weighted by Crippen LogP contribution is 2.47. The van der Waals surface area contributed by atoms with E-state index in [2.05, 4.69) is 5.32 Å². The lowest BCUT2D eigenvalue weighted by Gasteiger charge is -2.34. The van der Waals surface area contributed by atoms with Crippen molar-refractivity contribution >= 4 is 23.4 Å². The van der Waals surface area contributed by atoms with Crippen molar-refractivity contribution in [3.8, 4) is 11.5 Å². The van der Waals surface area contributed by atoms with Gasteiger partial charge in [0.25, 0.3) is 0 Å². The molecule has 0 amide bonds. The second-order valence-electron chi connectivity index (χ2n) is 6.71. The third kappa shape index (κ3) is 3.49. The monoisotopic (exact) mass is 405 g/mol. The fraction of sp³-hybridized carbons (Fsp3) is 0.429. The number of carbonyl (C=O) groups is 2. The third-order valence-electron chi connectivity index (χ3n) is 5.07. The highest BCUT2D eigenvalue weighted by Gasteiger charge is 2.40. The standard InChI is InChI=1S/C21H24ClNO5/c1-5-28-17-9-12(13(22)10-16(17)26-3)19-18(21(25)27-4)11(2)23-14-7-6-8-15(24)20(14)19/h9-10,19,23H,5-8H2,1-4H3. The maximum Gasteiger partial charge on any atom is 0.336 e. The van der Waals surface area contributed by atoms with Crippen LogP contribution in [0.3, 0.4) is 0 Å². The van der Waals surface area contributed by atoms with Gasteiger partial charge in [-0.25, -0.2) is 4.79 Å². The molecule has 7 heteroatoms. The zero-order valence-electron chi connectivity index (χ0n) is 16.5. The second kappa shape index (κ2) is 8.27. The third-order valence-corrected chi connectivity index (χ3v) is 5.40. The number of benzene rings is 1. The Balaban J connectivity index is 2.25. The van der Waals surface area contributed by atoms with E-state index in [1.165, 1.54) is 14.2 Å². The molecule has 1 aromatic carbocycles. The van der Waals surface area contributed by atoms with Gasteiger partial charge in [0.05, 0.1) is 26.4 Å². The molecule has 0 saturated heterocycles. The maximum absolute atomic E-state index is 12.8. The molecular formula is C21H24ClNO5. The van der Waals surface area contributed by atoms with E-state index in [0.717, 1.165) is 18.5 Å². The molecule has 1 unspecified atom stereocenters. The summed E-state index contributed by atoms with van der Waals surface area (Å²) in [5, 5.41) is 3.63. The zero-order valence-corrected chi connectivity index (χ0v) is 17.2. The van der Waals surface area contributed by atoms with Crippen molar-refractivity contribution in [3.05, 3.63) is 45.3 Å². The Bertz CT molecular complexity index is 887. The highest BCUT2D eigenvalue weighted by molar-refractivity contribution is 6.32. The van der Waals surface area contributed by atoms with Crippen LogP contribution < -0.4 is 14.8 Å². The van der Waals surface area contributed by atoms with Gasteiger partial charge in [-0.3, -0.25) is 4.79 Å². The van der Waals surface area contributed by atoms with Gasteiger partial charge in [0.15, 0.2) is 17.3 Å². The number of Topliss-reactive ketones (excluding diaryl/α,β-unsaturated/α-hetero) is 1. The Hall–Kier alpha value is -2.47. The maximum atomic E-state index is 12.8. The molecule has 1 atom stereocenters. The topological polar surface area (TPSA) is 73.9 Å². The van der Waals surface area contributed by atoms with Crippen LogP contribution in [0.25, 0.3) is 0 Å². The van der Waals surface area contributed by atoms with E-state index in [4.69, 9.17) is 25.8 Å². The number of rotatable bonds is 5. The smallest absolute Gasteiger partial charge is 0.336 e.